The van der Waals surface area contributed by atoms with Gasteiger partial charge in [0.2, 0.25) is 5.91 Å². The third kappa shape index (κ3) is 3.96. The van der Waals surface area contributed by atoms with Gasteiger partial charge in [0.25, 0.3) is 0 Å². The molecule has 0 radical (unpaired) electrons. The lowest BCUT2D eigenvalue weighted by Gasteiger charge is -2.24. The first kappa shape index (κ1) is 16.9. The number of likely N-dealkylation sites (tertiary alicyclic amines) is 1. The summed E-state index contributed by atoms with van der Waals surface area (Å²) in [7, 11) is 0. The van der Waals surface area contributed by atoms with Crippen LogP contribution in [0.15, 0.2) is 41.0 Å². The van der Waals surface area contributed by atoms with Crippen molar-refractivity contribution in [2.75, 3.05) is 11.9 Å². The van der Waals surface area contributed by atoms with Crippen LogP contribution in [-0.2, 0) is 11.3 Å². The topological polar surface area (TPSA) is 74.6 Å². The summed E-state index contributed by atoms with van der Waals surface area (Å²) in [5, 5.41) is 5.10. The first-order chi connectivity index (χ1) is 12.0. The molecule has 1 aliphatic heterocycles. The van der Waals surface area contributed by atoms with E-state index in [1.165, 1.54) is 11.2 Å². The standard InChI is InChI=1S/C17H17F2N3O3/c18-11-5-6-14(13(19)9-11)21-17(24)22-7-1-4-15(22)16(23)20-10-12-3-2-8-25-12/h2-3,5-6,8-9,15H,1,4,7,10H2,(H,20,23)(H,21,24). The van der Waals surface area contributed by atoms with E-state index in [1.54, 1.807) is 12.1 Å². The fraction of sp³-hybridized carbons (Fsp3) is 0.294. The number of carbonyl (C=O) groups is 2. The van der Waals surface area contributed by atoms with E-state index in [0.717, 1.165) is 12.1 Å². The van der Waals surface area contributed by atoms with Gasteiger partial charge < -0.3 is 20.0 Å². The van der Waals surface area contributed by atoms with Crippen molar-refractivity contribution in [2.45, 2.75) is 25.4 Å². The Labute approximate surface area is 142 Å². The molecule has 1 aliphatic rings. The Kier molecular flexibility index (Phi) is 4.97. The van der Waals surface area contributed by atoms with Crippen LogP contribution < -0.4 is 10.6 Å². The maximum atomic E-state index is 13.7. The van der Waals surface area contributed by atoms with E-state index in [4.69, 9.17) is 4.42 Å². The van der Waals surface area contributed by atoms with Crippen LogP contribution in [0.3, 0.4) is 0 Å². The number of benzene rings is 1. The van der Waals surface area contributed by atoms with Gasteiger partial charge in [-0.05, 0) is 37.1 Å². The predicted octanol–water partition coefficient (Wildman–Crippen LogP) is 2.87. The second-order valence-corrected chi connectivity index (χ2v) is 5.70. The molecule has 3 rings (SSSR count). The lowest BCUT2D eigenvalue weighted by Crippen LogP contribution is -2.47. The number of hydrogen-bond acceptors (Lipinski definition) is 3. The van der Waals surface area contributed by atoms with Gasteiger partial charge in [0.15, 0.2) is 0 Å². The third-order valence-corrected chi connectivity index (χ3v) is 4.01. The van der Waals surface area contributed by atoms with Crippen LogP contribution in [0.2, 0.25) is 0 Å². The summed E-state index contributed by atoms with van der Waals surface area (Å²) in [6.07, 6.45) is 2.69. The molecule has 8 heteroatoms. The molecule has 1 fully saturated rings. The average molecular weight is 349 g/mol. The molecule has 2 N–H and O–H groups in total. The van der Waals surface area contributed by atoms with Gasteiger partial charge in [0, 0.05) is 12.6 Å². The number of urea groups is 1. The normalized spacial score (nSPS) is 16.7. The Balaban J connectivity index is 1.61. The highest BCUT2D eigenvalue weighted by molar-refractivity contribution is 5.94. The van der Waals surface area contributed by atoms with Crippen molar-refractivity contribution in [1.82, 2.24) is 10.2 Å². The van der Waals surface area contributed by atoms with E-state index >= 15 is 0 Å². The van der Waals surface area contributed by atoms with Gasteiger partial charge in [-0.1, -0.05) is 0 Å². The number of amides is 3. The highest BCUT2D eigenvalue weighted by Crippen LogP contribution is 2.21. The minimum absolute atomic E-state index is 0.131. The molecule has 1 atom stereocenters. The van der Waals surface area contributed by atoms with Crippen LogP contribution >= 0.6 is 0 Å². The van der Waals surface area contributed by atoms with E-state index < -0.39 is 23.7 Å². The molecule has 1 aromatic carbocycles. The molecular formula is C17H17F2N3O3. The minimum Gasteiger partial charge on any atom is -0.467 e. The predicted molar refractivity (Wildman–Crippen MR) is 85.7 cm³/mol. The second-order valence-electron chi connectivity index (χ2n) is 5.70. The summed E-state index contributed by atoms with van der Waals surface area (Å²) in [4.78, 5) is 26.0. The molecule has 2 aromatic rings. The summed E-state index contributed by atoms with van der Waals surface area (Å²) in [5.41, 5.74) is -0.131. The number of anilines is 1. The zero-order valence-corrected chi connectivity index (χ0v) is 13.3. The zero-order valence-electron chi connectivity index (χ0n) is 13.3. The van der Waals surface area contributed by atoms with Gasteiger partial charge in [-0.25, -0.2) is 13.6 Å². The minimum atomic E-state index is -0.869. The molecule has 6 nitrogen and oxygen atoms in total. The first-order valence-electron chi connectivity index (χ1n) is 7.87. The summed E-state index contributed by atoms with van der Waals surface area (Å²) in [6.45, 7) is 0.609. The average Bonchev–Trinajstić information content (AvgIpc) is 3.26. The van der Waals surface area contributed by atoms with Crippen molar-refractivity contribution >= 4 is 17.6 Å². The zero-order chi connectivity index (χ0) is 17.8. The molecule has 3 amide bonds. The molecule has 0 spiro atoms. The van der Waals surface area contributed by atoms with Crippen LogP contribution in [0.4, 0.5) is 19.3 Å². The molecule has 1 saturated heterocycles. The highest BCUT2D eigenvalue weighted by atomic mass is 19.1. The number of furan rings is 1. The smallest absolute Gasteiger partial charge is 0.322 e. The molecule has 0 aliphatic carbocycles. The number of halogens is 2. The number of hydrogen-bond donors (Lipinski definition) is 2. The van der Waals surface area contributed by atoms with Gasteiger partial charge in [-0.2, -0.15) is 0 Å². The maximum absolute atomic E-state index is 13.7. The molecule has 0 bridgehead atoms. The second kappa shape index (κ2) is 7.33. The van der Waals surface area contributed by atoms with E-state index in [0.29, 0.717) is 31.2 Å². The van der Waals surface area contributed by atoms with Crippen LogP contribution in [0.25, 0.3) is 0 Å². The Hall–Kier alpha value is -2.90. The fourth-order valence-corrected chi connectivity index (χ4v) is 2.77. The van der Waals surface area contributed by atoms with Crippen LogP contribution in [0.5, 0.6) is 0 Å². The summed E-state index contributed by atoms with van der Waals surface area (Å²) in [5.74, 6) is -1.29. The van der Waals surface area contributed by atoms with Crippen LogP contribution in [0, 0.1) is 11.6 Å². The van der Waals surface area contributed by atoms with Crippen molar-refractivity contribution in [3.05, 3.63) is 54.0 Å². The quantitative estimate of drug-likeness (QED) is 0.891. The summed E-state index contributed by atoms with van der Waals surface area (Å²) < 4.78 is 31.7. The van der Waals surface area contributed by atoms with Gasteiger partial charge in [0.05, 0.1) is 18.5 Å². The Morgan fingerprint density at radius 2 is 2.12 bits per heavy atom. The summed E-state index contributed by atoms with van der Waals surface area (Å²) in [6, 6.07) is 5.10. The lowest BCUT2D eigenvalue weighted by molar-refractivity contribution is -0.124. The van der Waals surface area contributed by atoms with E-state index in [9.17, 15) is 18.4 Å². The van der Waals surface area contributed by atoms with Gasteiger partial charge in [-0.15, -0.1) is 0 Å². The number of nitrogens with zero attached hydrogens (tertiary/aromatic N) is 1. The molecular weight excluding hydrogens is 332 g/mol. The van der Waals surface area contributed by atoms with E-state index in [2.05, 4.69) is 10.6 Å². The van der Waals surface area contributed by atoms with Crippen molar-refractivity contribution in [2.24, 2.45) is 0 Å². The maximum Gasteiger partial charge on any atom is 0.322 e. The highest BCUT2D eigenvalue weighted by Gasteiger charge is 2.34. The molecule has 1 aromatic heterocycles. The monoisotopic (exact) mass is 349 g/mol. The van der Waals surface area contributed by atoms with Crippen LogP contribution in [0.1, 0.15) is 18.6 Å². The Bertz CT molecular complexity index is 765. The SMILES string of the molecule is O=C(NCc1ccco1)C1CCCN1C(=O)Nc1ccc(F)cc1F. The number of nitrogens with one attached hydrogen (secondary N) is 2. The lowest BCUT2D eigenvalue weighted by atomic mass is 10.2. The molecule has 1 unspecified atom stereocenters. The van der Waals surface area contributed by atoms with E-state index in [-0.39, 0.29) is 18.1 Å². The van der Waals surface area contributed by atoms with Crippen molar-refractivity contribution in [3.63, 3.8) is 0 Å². The third-order valence-electron chi connectivity index (χ3n) is 4.01. The molecule has 0 saturated carbocycles. The molecule has 25 heavy (non-hydrogen) atoms. The molecule has 132 valence electrons. The Morgan fingerprint density at radius 3 is 2.84 bits per heavy atom. The fourth-order valence-electron chi connectivity index (χ4n) is 2.77. The van der Waals surface area contributed by atoms with Crippen molar-refractivity contribution in [1.29, 1.82) is 0 Å². The van der Waals surface area contributed by atoms with Gasteiger partial charge in [0.1, 0.15) is 23.4 Å². The van der Waals surface area contributed by atoms with Crippen molar-refractivity contribution in [3.8, 4) is 0 Å². The summed E-state index contributed by atoms with van der Waals surface area (Å²) >= 11 is 0. The number of rotatable bonds is 4. The van der Waals surface area contributed by atoms with Gasteiger partial charge >= 0.3 is 6.03 Å². The molecule has 2 heterocycles. The number of carbonyl (C=O) groups excluding carboxylic acids is 2. The largest absolute Gasteiger partial charge is 0.467 e. The van der Waals surface area contributed by atoms with Crippen LogP contribution in [-0.4, -0.2) is 29.4 Å². The first-order valence-corrected chi connectivity index (χ1v) is 7.87. The van der Waals surface area contributed by atoms with Gasteiger partial charge in [-0.3, -0.25) is 4.79 Å². The Morgan fingerprint density at radius 1 is 1.28 bits per heavy atom. The van der Waals surface area contributed by atoms with E-state index in [1.807, 2.05) is 0 Å². The van der Waals surface area contributed by atoms with Crippen molar-refractivity contribution < 1.29 is 22.8 Å².